The second-order valence-electron chi connectivity index (χ2n) is 8.62. The van der Waals surface area contributed by atoms with E-state index in [2.05, 4.69) is 39.9 Å². The quantitative estimate of drug-likeness (QED) is 0.379. The lowest BCUT2D eigenvalue weighted by atomic mass is 9.92. The molecule has 0 unspecified atom stereocenters. The Balaban J connectivity index is 0. The van der Waals surface area contributed by atoms with Crippen LogP contribution in [0, 0.1) is 17.2 Å². The van der Waals surface area contributed by atoms with E-state index in [1.807, 2.05) is 19.2 Å². The molecule has 1 aliphatic carbocycles. The van der Waals surface area contributed by atoms with E-state index in [1.54, 1.807) is 0 Å². The van der Waals surface area contributed by atoms with Crippen LogP contribution in [0.4, 0.5) is 4.39 Å². The van der Waals surface area contributed by atoms with Crippen molar-refractivity contribution >= 4 is 0 Å². The number of benzene rings is 1. The van der Waals surface area contributed by atoms with Gasteiger partial charge in [-0.05, 0) is 68.2 Å². The summed E-state index contributed by atoms with van der Waals surface area (Å²) >= 11 is 0. The van der Waals surface area contributed by atoms with Crippen molar-refractivity contribution in [3.63, 3.8) is 0 Å². The van der Waals surface area contributed by atoms with E-state index in [0.717, 1.165) is 32.3 Å². The monoisotopic (exact) mass is 429 g/mol. The Kier molecular flexibility index (Phi) is 15.9. The van der Waals surface area contributed by atoms with Gasteiger partial charge in [0.25, 0.3) is 0 Å². The van der Waals surface area contributed by atoms with Crippen molar-refractivity contribution in [3.8, 4) is 5.75 Å². The molecule has 1 aliphatic rings. The van der Waals surface area contributed by atoms with Crippen LogP contribution in [0.25, 0.3) is 0 Å². The summed E-state index contributed by atoms with van der Waals surface area (Å²) in [5, 5.41) is 10.2. The minimum absolute atomic E-state index is 0. The minimum Gasteiger partial charge on any atom is -0.490 e. The van der Waals surface area contributed by atoms with Crippen molar-refractivity contribution in [1.29, 1.82) is 0 Å². The second kappa shape index (κ2) is 16.5. The summed E-state index contributed by atoms with van der Waals surface area (Å²) in [6.45, 7) is 13.5. The zero-order valence-corrected chi connectivity index (χ0v) is 20.4. The number of hydrogen-bond donors (Lipinski definition) is 2. The molecule has 0 saturated heterocycles. The van der Waals surface area contributed by atoms with Crippen molar-refractivity contribution in [3.05, 3.63) is 29.6 Å². The molecule has 5 heteroatoms. The molecule has 0 spiro atoms. The molecular formula is C25H48FNO3. The SMILES string of the molecule is CCCCOCC(C)(C)CC.CC[C@@H](NC)c1ccc(F)c(OCC2CC2)c1.CO.[HH]. The first kappa shape index (κ1) is 28.8. The molecule has 0 heterocycles. The van der Waals surface area contributed by atoms with Gasteiger partial charge in [-0.25, -0.2) is 4.39 Å². The maximum atomic E-state index is 13.6. The maximum absolute atomic E-state index is 13.6. The number of ether oxygens (including phenoxy) is 2. The largest absolute Gasteiger partial charge is 0.490 e. The van der Waals surface area contributed by atoms with Crippen molar-refractivity contribution in [1.82, 2.24) is 5.32 Å². The molecule has 30 heavy (non-hydrogen) atoms. The highest BCUT2D eigenvalue weighted by molar-refractivity contribution is 5.32. The molecule has 1 aromatic carbocycles. The Morgan fingerprint density at radius 3 is 2.40 bits per heavy atom. The van der Waals surface area contributed by atoms with E-state index in [4.69, 9.17) is 14.6 Å². The van der Waals surface area contributed by atoms with Gasteiger partial charge in [-0.15, -0.1) is 0 Å². The highest BCUT2D eigenvalue weighted by atomic mass is 19.1. The second-order valence-corrected chi connectivity index (χ2v) is 8.62. The number of hydrogen-bond acceptors (Lipinski definition) is 4. The number of unbranched alkanes of at least 4 members (excludes halogenated alkanes) is 1. The first-order valence-corrected chi connectivity index (χ1v) is 11.5. The predicted octanol–water partition coefficient (Wildman–Crippen LogP) is 6.38. The molecule has 0 radical (unpaired) electrons. The summed E-state index contributed by atoms with van der Waals surface area (Å²) < 4.78 is 24.6. The Morgan fingerprint density at radius 1 is 1.23 bits per heavy atom. The fourth-order valence-corrected chi connectivity index (χ4v) is 2.64. The average molecular weight is 430 g/mol. The third-order valence-electron chi connectivity index (χ3n) is 5.38. The summed E-state index contributed by atoms with van der Waals surface area (Å²) in [7, 11) is 2.92. The van der Waals surface area contributed by atoms with Crippen LogP contribution in [0.15, 0.2) is 18.2 Å². The number of rotatable bonds is 12. The Hall–Kier alpha value is -1.17. The number of aliphatic hydroxyl groups excluding tert-OH is 1. The van der Waals surface area contributed by atoms with Gasteiger partial charge in [0.15, 0.2) is 11.6 Å². The van der Waals surface area contributed by atoms with Crippen LogP contribution < -0.4 is 10.1 Å². The number of aliphatic hydroxyl groups is 1. The summed E-state index contributed by atoms with van der Waals surface area (Å²) in [6.07, 6.45) is 7.03. The molecule has 0 bridgehead atoms. The van der Waals surface area contributed by atoms with Crippen molar-refractivity contribution in [2.75, 3.05) is 34.0 Å². The van der Waals surface area contributed by atoms with Gasteiger partial charge >= 0.3 is 0 Å². The van der Waals surface area contributed by atoms with Crippen LogP contribution >= 0.6 is 0 Å². The van der Waals surface area contributed by atoms with Crippen LogP contribution in [-0.4, -0.2) is 39.1 Å². The van der Waals surface area contributed by atoms with E-state index < -0.39 is 0 Å². The summed E-state index contributed by atoms with van der Waals surface area (Å²) in [4.78, 5) is 0. The highest BCUT2D eigenvalue weighted by Gasteiger charge is 2.22. The molecule has 0 aromatic heterocycles. The molecule has 0 amide bonds. The lowest BCUT2D eigenvalue weighted by Gasteiger charge is -2.21. The summed E-state index contributed by atoms with van der Waals surface area (Å²) in [5.41, 5.74) is 1.45. The standard InChI is InChI=1S/C14H20FNO.C10H22O.CH4O.H2/c1-3-13(16-2)11-6-7-12(15)14(8-11)17-9-10-4-5-10;1-5-7-8-11-9-10(3,4)6-2;1-2;/h6-8,10,13,16H,3-5,9H2,1-2H3;5-9H2,1-4H3;2H,1H3;1H/t13-;;;/m1.../s1. The molecule has 1 fully saturated rings. The molecule has 2 N–H and O–H groups in total. The summed E-state index contributed by atoms with van der Waals surface area (Å²) in [5.74, 6) is 0.771. The number of halogens is 1. The Morgan fingerprint density at radius 2 is 1.90 bits per heavy atom. The molecular weight excluding hydrogens is 381 g/mol. The van der Waals surface area contributed by atoms with E-state index in [0.29, 0.717) is 23.7 Å². The summed E-state index contributed by atoms with van der Waals surface area (Å²) in [6, 6.07) is 5.41. The molecule has 1 aromatic rings. The van der Waals surface area contributed by atoms with Crippen LogP contribution in [0.2, 0.25) is 0 Å². The van der Waals surface area contributed by atoms with Crippen LogP contribution in [0.5, 0.6) is 5.75 Å². The zero-order chi connectivity index (χ0) is 23.0. The molecule has 0 aliphatic heterocycles. The smallest absolute Gasteiger partial charge is 0.165 e. The molecule has 4 nitrogen and oxygen atoms in total. The Labute approximate surface area is 186 Å². The lowest BCUT2D eigenvalue weighted by molar-refractivity contribution is 0.0587. The van der Waals surface area contributed by atoms with Gasteiger partial charge < -0.3 is 19.9 Å². The van der Waals surface area contributed by atoms with E-state index in [9.17, 15) is 4.39 Å². The van der Waals surface area contributed by atoms with Gasteiger partial charge in [0.2, 0.25) is 0 Å². The lowest BCUT2D eigenvalue weighted by Crippen LogP contribution is -2.18. The predicted molar refractivity (Wildman–Crippen MR) is 127 cm³/mol. The third kappa shape index (κ3) is 12.5. The average Bonchev–Trinajstić information content (AvgIpc) is 3.59. The molecule has 1 atom stereocenters. The first-order chi connectivity index (χ1) is 14.4. The van der Waals surface area contributed by atoms with Gasteiger partial charge in [0, 0.05) is 21.2 Å². The third-order valence-corrected chi connectivity index (χ3v) is 5.38. The zero-order valence-electron chi connectivity index (χ0n) is 20.4. The topological polar surface area (TPSA) is 50.7 Å². The number of nitrogens with one attached hydrogen (secondary N) is 1. The van der Waals surface area contributed by atoms with Crippen LogP contribution in [0.3, 0.4) is 0 Å². The Bertz CT molecular complexity index is 550. The van der Waals surface area contributed by atoms with E-state index in [1.165, 1.54) is 38.2 Å². The normalized spacial score (nSPS) is 14.2. The highest BCUT2D eigenvalue weighted by Crippen LogP contribution is 2.31. The van der Waals surface area contributed by atoms with Crippen LogP contribution in [0.1, 0.15) is 86.2 Å². The fraction of sp³-hybridized carbons (Fsp3) is 0.760. The minimum atomic E-state index is -0.264. The molecule has 2 rings (SSSR count). The van der Waals surface area contributed by atoms with Crippen molar-refractivity contribution in [2.24, 2.45) is 11.3 Å². The van der Waals surface area contributed by atoms with Crippen molar-refractivity contribution in [2.45, 2.75) is 79.2 Å². The van der Waals surface area contributed by atoms with E-state index >= 15 is 0 Å². The molecule has 178 valence electrons. The molecule has 1 saturated carbocycles. The van der Waals surface area contributed by atoms with Gasteiger partial charge in [0.05, 0.1) is 13.2 Å². The van der Waals surface area contributed by atoms with Crippen LogP contribution in [-0.2, 0) is 4.74 Å². The van der Waals surface area contributed by atoms with Gasteiger partial charge in [-0.3, -0.25) is 0 Å². The van der Waals surface area contributed by atoms with Crippen molar-refractivity contribution < 1.29 is 20.4 Å². The van der Waals surface area contributed by atoms with Gasteiger partial charge in [-0.1, -0.05) is 47.1 Å². The van der Waals surface area contributed by atoms with Gasteiger partial charge in [0.1, 0.15) is 0 Å². The fourth-order valence-electron chi connectivity index (χ4n) is 2.64. The van der Waals surface area contributed by atoms with E-state index in [-0.39, 0.29) is 13.3 Å². The first-order valence-electron chi connectivity index (χ1n) is 11.5. The maximum Gasteiger partial charge on any atom is 0.165 e. The van der Waals surface area contributed by atoms with Gasteiger partial charge in [-0.2, -0.15) is 0 Å².